The van der Waals surface area contributed by atoms with Crippen molar-refractivity contribution in [2.75, 3.05) is 45.8 Å². The smallest absolute Gasteiger partial charge is 0.209 e. The molecule has 0 aliphatic carbocycles. The van der Waals surface area contributed by atoms with Crippen LogP contribution in [0.15, 0.2) is 0 Å². The van der Waals surface area contributed by atoms with Gasteiger partial charge in [0.15, 0.2) is 0 Å². The van der Waals surface area contributed by atoms with Crippen LogP contribution in [0.1, 0.15) is 0 Å². The minimum atomic E-state index is 0.850. The first-order valence-electron chi connectivity index (χ1n) is 5.01. The second kappa shape index (κ2) is 4.07. The molecule has 0 atom stereocenters. The Morgan fingerprint density at radius 3 is 2.38 bits per heavy atom. The second-order valence-electron chi connectivity index (χ2n) is 3.97. The van der Waals surface area contributed by atoms with Gasteiger partial charge in [-0.1, -0.05) is 0 Å². The zero-order chi connectivity index (χ0) is 9.10. The summed E-state index contributed by atoms with van der Waals surface area (Å²) >= 11 is 0. The van der Waals surface area contributed by atoms with Crippen molar-refractivity contribution in [3.05, 3.63) is 0 Å². The zero-order valence-electron chi connectivity index (χ0n) is 7.91. The molecule has 0 unspecified atom stereocenters. The molecule has 1 amide bonds. The fourth-order valence-corrected chi connectivity index (χ4v) is 1.89. The maximum atomic E-state index is 10.5. The van der Waals surface area contributed by atoms with E-state index in [0.717, 1.165) is 38.5 Å². The quantitative estimate of drug-likeness (QED) is 0.569. The number of hydrogen-bond acceptors (Lipinski definition) is 3. The van der Waals surface area contributed by atoms with Crippen LogP contribution in [0.3, 0.4) is 0 Å². The highest BCUT2D eigenvalue weighted by Gasteiger charge is 2.22. The van der Waals surface area contributed by atoms with Gasteiger partial charge in [0.1, 0.15) is 0 Å². The molecule has 2 fully saturated rings. The predicted octanol–water partition coefficient (Wildman–Crippen LogP) is -1.02. The Bertz CT molecular complexity index is 174. The minimum Gasteiger partial charge on any atom is -0.343 e. The van der Waals surface area contributed by atoms with Crippen LogP contribution < -0.4 is 5.32 Å². The average Bonchev–Trinajstić information content (AvgIpc) is 2.12. The fraction of sp³-hybridized carbons (Fsp3) is 0.889. The molecule has 4 nitrogen and oxygen atoms in total. The molecule has 0 bridgehead atoms. The summed E-state index contributed by atoms with van der Waals surface area (Å²) in [6, 6.07) is 0. The van der Waals surface area contributed by atoms with E-state index in [4.69, 9.17) is 0 Å². The lowest BCUT2D eigenvalue weighted by atomic mass is 10.0. The van der Waals surface area contributed by atoms with Crippen molar-refractivity contribution in [3.8, 4) is 0 Å². The van der Waals surface area contributed by atoms with Crippen LogP contribution >= 0.6 is 0 Å². The van der Waals surface area contributed by atoms with Crippen molar-refractivity contribution >= 4 is 6.41 Å². The third kappa shape index (κ3) is 2.19. The number of hydrogen-bond donors (Lipinski definition) is 1. The molecule has 4 heteroatoms. The number of nitrogens with zero attached hydrogens (tertiary/aromatic N) is 2. The molecular weight excluding hydrogens is 166 g/mol. The first-order valence-corrected chi connectivity index (χ1v) is 5.01. The molecule has 2 heterocycles. The van der Waals surface area contributed by atoms with E-state index in [9.17, 15) is 4.79 Å². The Hall–Kier alpha value is -0.610. The van der Waals surface area contributed by atoms with E-state index in [2.05, 4.69) is 10.2 Å². The Morgan fingerprint density at radius 1 is 1.23 bits per heavy atom. The van der Waals surface area contributed by atoms with Crippen molar-refractivity contribution in [1.29, 1.82) is 0 Å². The van der Waals surface area contributed by atoms with Crippen LogP contribution in [0.5, 0.6) is 0 Å². The molecule has 13 heavy (non-hydrogen) atoms. The predicted molar refractivity (Wildman–Crippen MR) is 50.4 cm³/mol. The van der Waals surface area contributed by atoms with E-state index < -0.39 is 0 Å². The number of nitrogens with one attached hydrogen (secondary N) is 1. The molecule has 0 spiro atoms. The fourth-order valence-electron chi connectivity index (χ4n) is 1.89. The average molecular weight is 183 g/mol. The van der Waals surface area contributed by atoms with Gasteiger partial charge in [0, 0.05) is 45.8 Å². The van der Waals surface area contributed by atoms with Gasteiger partial charge in [-0.25, -0.2) is 0 Å². The van der Waals surface area contributed by atoms with Gasteiger partial charge in [-0.05, 0) is 5.92 Å². The molecule has 1 N–H and O–H groups in total. The molecule has 0 radical (unpaired) electrons. The maximum absolute atomic E-state index is 10.5. The number of carbonyl (C=O) groups is 1. The molecule has 2 aliphatic rings. The number of piperazine rings is 1. The summed E-state index contributed by atoms with van der Waals surface area (Å²) in [4.78, 5) is 14.8. The third-order valence-electron chi connectivity index (χ3n) is 2.94. The standard InChI is InChI=1S/C9H17N3O/c13-8-12-3-1-11(2-4-12)7-9-5-10-6-9/h8-10H,1-7H2. The monoisotopic (exact) mass is 183 g/mol. The Morgan fingerprint density at radius 2 is 1.92 bits per heavy atom. The summed E-state index contributed by atoms with van der Waals surface area (Å²) in [5, 5.41) is 3.28. The zero-order valence-corrected chi connectivity index (χ0v) is 7.91. The van der Waals surface area contributed by atoms with Gasteiger partial charge in [-0.2, -0.15) is 0 Å². The molecule has 74 valence electrons. The third-order valence-corrected chi connectivity index (χ3v) is 2.94. The molecule has 2 saturated heterocycles. The Kier molecular flexibility index (Phi) is 2.80. The number of amides is 1. The van der Waals surface area contributed by atoms with Gasteiger partial charge in [-0.15, -0.1) is 0 Å². The Labute approximate surface area is 78.9 Å². The molecule has 0 aromatic carbocycles. The second-order valence-corrected chi connectivity index (χ2v) is 3.97. The molecule has 0 saturated carbocycles. The maximum Gasteiger partial charge on any atom is 0.209 e. The molecule has 0 aromatic rings. The molecular formula is C9H17N3O. The van der Waals surface area contributed by atoms with Gasteiger partial charge >= 0.3 is 0 Å². The normalized spacial score (nSPS) is 25.7. The summed E-state index contributed by atoms with van der Waals surface area (Å²) in [5.41, 5.74) is 0. The summed E-state index contributed by atoms with van der Waals surface area (Å²) in [7, 11) is 0. The molecule has 2 aliphatic heterocycles. The van der Waals surface area contributed by atoms with Gasteiger partial charge in [0.25, 0.3) is 0 Å². The van der Waals surface area contributed by atoms with Gasteiger partial charge < -0.3 is 10.2 Å². The van der Waals surface area contributed by atoms with Gasteiger partial charge in [0.05, 0.1) is 0 Å². The molecule has 0 aromatic heterocycles. The lowest BCUT2D eigenvalue weighted by Crippen LogP contribution is -2.52. The van der Waals surface area contributed by atoms with E-state index in [0.29, 0.717) is 0 Å². The topological polar surface area (TPSA) is 35.6 Å². The van der Waals surface area contributed by atoms with Crippen molar-refractivity contribution < 1.29 is 4.79 Å². The van der Waals surface area contributed by atoms with E-state index in [1.807, 2.05) is 4.90 Å². The highest BCUT2D eigenvalue weighted by atomic mass is 16.1. The van der Waals surface area contributed by atoms with Crippen molar-refractivity contribution in [3.63, 3.8) is 0 Å². The summed E-state index contributed by atoms with van der Waals surface area (Å²) in [6.07, 6.45) is 0.961. The van der Waals surface area contributed by atoms with Crippen molar-refractivity contribution in [1.82, 2.24) is 15.1 Å². The number of carbonyl (C=O) groups excluding carboxylic acids is 1. The largest absolute Gasteiger partial charge is 0.343 e. The summed E-state index contributed by atoms with van der Waals surface area (Å²) in [6.45, 7) is 7.47. The van der Waals surface area contributed by atoms with Crippen LogP contribution in [-0.2, 0) is 4.79 Å². The van der Waals surface area contributed by atoms with Crippen molar-refractivity contribution in [2.45, 2.75) is 0 Å². The first kappa shape index (κ1) is 8.97. The minimum absolute atomic E-state index is 0.850. The van der Waals surface area contributed by atoms with Crippen LogP contribution in [-0.4, -0.2) is 62.0 Å². The van der Waals surface area contributed by atoms with Crippen molar-refractivity contribution in [2.24, 2.45) is 5.92 Å². The van der Waals surface area contributed by atoms with Crippen LogP contribution in [0.4, 0.5) is 0 Å². The van der Waals surface area contributed by atoms with Crippen LogP contribution in [0.25, 0.3) is 0 Å². The summed E-state index contributed by atoms with van der Waals surface area (Å²) < 4.78 is 0. The van der Waals surface area contributed by atoms with E-state index >= 15 is 0 Å². The molecule has 2 rings (SSSR count). The van der Waals surface area contributed by atoms with Gasteiger partial charge in [0.2, 0.25) is 6.41 Å². The first-order chi connectivity index (χ1) is 6.38. The highest BCUT2D eigenvalue weighted by molar-refractivity contribution is 5.47. The number of rotatable bonds is 3. The van der Waals surface area contributed by atoms with E-state index in [1.165, 1.54) is 19.6 Å². The van der Waals surface area contributed by atoms with E-state index in [1.54, 1.807) is 0 Å². The Balaban J connectivity index is 1.68. The summed E-state index contributed by atoms with van der Waals surface area (Å²) in [5.74, 6) is 0.850. The van der Waals surface area contributed by atoms with Crippen LogP contribution in [0, 0.1) is 5.92 Å². The SMILES string of the molecule is O=CN1CCN(CC2CNC2)CC1. The lowest BCUT2D eigenvalue weighted by molar-refractivity contribution is -0.119. The van der Waals surface area contributed by atoms with Crippen LogP contribution in [0.2, 0.25) is 0 Å². The lowest BCUT2D eigenvalue weighted by Gasteiger charge is -2.37. The van der Waals surface area contributed by atoms with Gasteiger partial charge in [-0.3, -0.25) is 9.69 Å². The highest BCUT2D eigenvalue weighted by Crippen LogP contribution is 2.08. The van der Waals surface area contributed by atoms with E-state index in [-0.39, 0.29) is 0 Å².